The molecule has 1 saturated heterocycles. The van der Waals surface area contributed by atoms with E-state index in [-0.39, 0.29) is 11.3 Å². The number of unbranched alkanes of at least 4 members (excludes halogenated alkanes) is 9. The van der Waals surface area contributed by atoms with Gasteiger partial charge in [0.1, 0.15) is 5.60 Å². The van der Waals surface area contributed by atoms with Crippen LogP contribution in [0.1, 0.15) is 120 Å². The summed E-state index contributed by atoms with van der Waals surface area (Å²) in [4.78, 5) is 15.8. The molecule has 1 fully saturated rings. The summed E-state index contributed by atoms with van der Waals surface area (Å²) < 4.78 is 5.43. The van der Waals surface area contributed by atoms with Crippen molar-refractivity contribution in [1.82, 2.24) is 4.90 Å². The molecule has 0 unspecified atom stereocenters. The highest BCUT2D eigenvalue weighted by molar-refractivity contribution is 7.98. The van der Waals surface area contributed by atoms with Gasteiger partial charge in [-0.15, -0.1) is 11.8 Å². The van der Waals surface area contributed by atoms with Gasteiger partial charge in [0.2, 0.25) is 0 Å². The molecule has 0 saturated carbocycles. The van der Waals surface area contributed by atoms with E-state index in [9.17, 15) is 9.90 Å². The Balaban J connectivity index is 0.000000305. The predicted molar refractivity (Wildman–Crippen MR) is 181 cm³/mol. The number of morpholine rings is 1. The third-order valence-electron chi connectivity index (χ3n) is 8.25. The standard InChI is InChI=1S/C22H36O2.C15H23NOS/c1-4-5-6-7-8-9-10-11-12-13-14-19-15-17-20(18-16-19)21(23)22(2,3)24;1-15(2,16-8-10-17-11-9-16)12-13-4-6-14(18-3)7-5-13/h15-18,24H,4-14H2,1-3H3;4-7H,8-12H2,1-3H3. The lowest BCUT2D eigenvalue weighted by molar-refractivity contribution is -0.00984. The first-order valence-electron chi connectivity index (χ1n) is 16.4. The van der Waals surface area contributed by atoms with Crippen LogP contribution >= 0.6 is 11.8 Å². The minimum atomic E-state index is -1.29. The van der Waals surface area contributed by atoms with Gasteiger partial charge in [0.25, 0.3) is 0 Å². The Morgan fingerprint density at radius 3 is 1.79 bits per heavy atom. The van der Waals surface area contributed by atoms with E-state index in [1.807, 2.05) is 24.3 Å². The number of benzene rings is 2. The van der Waals surface area contributed by atoms with Gasteiger partial charge in [-0.25, -0.2) is 0 Å². The van der Waals surface area contributed by atoms with Crippen LogP contribution in [0.25, 0.3) is 0 Å². The van der Waals surface area contributed by atoms with Gasteiger partial charge in [-0.1, -0.05) is 101 Å². The monoisotopic (exact) mass is 597 g/mol. The summed E-state index contributed by atoms with van der Waals surface area (Å²) >= 11 is 1.80. The van der Waals surface area contributed by atoms with Gasteiger partial charge in [0, 0.05) is 29.1 Å². The molecule has 0 aromatic heterocycles. The molecule has 236 valence electrons. The largest absolute Gasteiger partial charge is 0.382 e. The van der Waals surface area contributed by atoms with Crippen LogP contribution in [-0.4, -0.2) is 59.5 Å². The Bertz CT molecular complexity index is 989. The third kappa shape index (κ3) is 14.2. The van der Waals surface area contributed by atoms with Crippen LogP contribution in [0.5, 0.6) is 0 Å². The summed E-state index contributed by atoms with van der Waals surface area (Å²) in [6, 6.07) is 16.7. The van der Waals surface area contributed by atoms with Crippen LogP contribution in [0.15, 0.2) is 53.4 Å². The first-order chi connectivity index (χ1) is 20.1. The molecule has 42 heavy (non-hydrogen) atoms. The van der Waals surface area contributed by atoms with Crippen LogP contribution in [-0.2, 0) is 17.6 Å². The lowest BCUT2D eigenvalue weighted by atomic mass is 9.92. The van der Waals surface area contributed by atoms with Crippen molar-refractivity contribution >= 4 is 17.5 Å². The lowest BCUT2D eigenvalue weighted by Gasteiger charge is -2.41. The zero-order valence-corrected chi connectivity index (χ0v) is 28.4. The number of nitrogens with zero attached hydrogens (tertiary/aromatic N) is 1. The minimum Gasteiger partial charge on any atom is -0.382 e. The van der Waals surface area contributed by atoms with Gasteiger partial charge in [-0.05, 0) is 76.5 Å². The highest BCUT2D eigenvalue weighted by atomic mass is 32.2. The second kappa shape index (κ2) is 19.6. The molecule has 3 rings (SSSR count). The predicted octanol–water partition coefficient (Wildman–Crippen LogP) is 9.17. The van der Waals surface area contributed by atoms with Gasteiger partial charge >= 0.3 is 0 Å². The fourth-order valence-corrected chi connectivity index (χ4v) is 5.92. The second-order valence-electron chi connectivity index (χ2n) is 13.0. The quantitative estimate of drug-likeness (QED) is 0.112. The average molecular weight is 598 g/mol. The number of ether oxygens (including phenoxy) is 1. The zero-order chi connectivity index (χ0) is 30.8. The van der Waals surface area contributed by atoms with Crippen LogP contribution in [0.3, 0.4) is 0 Å². The van der Waals surface area contributed by atoms with E-state index in [1.165, 1.54) is 94.1 Å². The summed E-state index contributed by atoms with van der Waals surface area (Å²) in [5, 5.41) is 9.76. The smallest absolute Gasteiger partial charge is 0.193 e. The van der Waals surface area contributed by atoms with Gasteiger partial charge in [0.15, 0.2) is 5.78 Å². The lowest BCUT2D eigenvalue weighted by Crippen LogP contribution is -2.51. The van der Waals surface area contributed by atoms with Gasteiger partial charge in [0.05, 0.1) is 13.2 Å². The minimum absolute atomic E-state index is 0.213. The summed E-state index contributed by atoms with van der Waals surface area (Å²) in [6.07, 6.45) is 17.8. The zero-order valence-electron chi connectivity index (χ0n) is 27.6. The number of aryl methyl sites for hydroxylation is 1. The SMILES string of the molecule is CCCCCCCCCCCCc1ccc(C(=O)C(C)(C)O)cc1.CSc1ccc(CC(C)(C)N2CCOCC2)cc1. The van der Waals surface area contributed by atoms with Crippen molar-refractivity contribution < 1.29 is 14.6 Å². The first-order valence-corrected chi connectivity index (χ1v) is 17.6. The molecule has 0 bridgehead atoms. The van der Waals surface area contributed by atoms with Gasteiger partial charge in [-0.2, -0.15) is 0 Å². The number of carbonyl (C=O) groups is 1. The Morgan fingerprint density at radius 1 is 0.786 bits per heavy atom. The van der Waals surface area contributed by atoms with E-state index in [2.05, 4.69) is 56.2 Å². The molecule has 2 aromatic rings. The van der Waals surface area contributed by atoms with Crippen molar-refractivity contribution in [1.29, 1.82) is 0 Å². The fourth-order valence-electron chi connectivity index (χ4n) is 5.52. The van der Waals surface area contributed by atoms with Crippen molar-refractivity contribution in [2.45, 2.75) is 128 Å². The molecule has 0 aliphatic carbocycles. The van der Waals surface area contributed by atoms with Crippen molar-refractivity contribution in [2.24, 2.45) is 0 Å². The maximum atomic E-state index is 12.0. The van der Waals surface area contributed by atoms with Crippen LogP contribution in [0, 0.1) is 0 Å². The van der Waals surface area contributed by atoms with Crippen LogP contribution in [0.4, 0.5) is 0 Å². The van der Waals surface area contributed by atoms with E-state index in [1.54, 1.807) is 11.8 Å². The Morgan fingerprint density at radius 2 is 1.29 bits per heavy atom. The van der Waals surface area contributed by atoms with E-state index < -0.39 is 5.60 Å². The molecule has 0 atom stereocenters. The van der Waals surface area contributed by atoms with Crippen molar-refractivity contribution in [3.63, 3.8) is 0 Å². The number of Topliss-reactive ketones (excluding diaryl/α,β-unsaturated/α-hetero) is 1. The summed E-state index contributed by atoms with van der Waals surface area (Å²) in [5.74, 6) is -0.215. The molecule has 0 amide bonds. The van der Waals surface area contributed by atoms with Crippen molar-refractivity contribution in [2.75, 3.05) is 32.6 Å². The number of aliphatic hydroxyl groups is 1. The second-order valence-corrected chi connectivity index (χ2v) is 13.8. The molecule has 5 heteroatoms. The molecule has 1 heterocycles. The average Bonchev–Trinajstić information content (AvgIpc) is 2.98. The molecule has 0 radical (unpaired) electrons. The molecule has 0 spiro atoms. The molecule has 2 aromatic carbocycles. The Kier molecular flexibility index (Phi) is 17.0. The van der Waals surface area contributed by atoms with Gasteiger partial charge in [-0.3, -0.25) is 9.69 Å². The van der Waals surface area contributed by atoms with E-state index >= 15 is 0 Å². The number of rotatable bonds is 17. The van der Waals surface area contributed by atoms with Crippen molar-refractivity contribution in [3.8, 4) is 0 Å². The Hall–Kier alpha value is -1.66. The fraction of sp³-hybridized carbons (Fsp3) is 0.649. The van der Waals surface area contributed by atoms with Crippen LogP contribution in [0.2, 0.25) is 0 Å². The Labute approximate surface area is 262 Å². The summed E-state index contributed by atoms with van der Waals surface area (Å²) in [7, 11) is 0. The highest BCUT2D eigenvalue weighted by Gasteiger charge is 2.28. The molecule has 1 N–H and O–H groups in total. The number of thioether (sulfide) groups is 1. The van der Waals surface area contributed by atoms with E-state index in [0.29, 0.717) is 5.56 Å². The molecule has 4 nitrogen and oxygen atoms in total. The number of hydrogen-bond acceptors (Lipinski definition) is 5. The van der Waals surface area contributed by atoms with E-state index in [4.69, 9.17) is 4.74 Å². The summed E-state index contributed by atoms with van der Waals surface area (Å²) in [6.45, 7) is 13.8. The van der Waals surface area contributed by atoms with Crippen LogP contribution < -0.4 is 0 Å². The number of ketones is 1. The van der Waals surface area contributed by atoms with E-state index in [0.717, 1.165) is 39.1 Å². The summed E-state index contributed by atoms with van der Waals surface area (Å²) in [5.41, 5.74) is 2.21. The molecular weight excluding hydrogens is 538 g/mol. The van der Waals surface area contributed by atoms with Crippen molar-refractivity contribution in [3.05, 3.63) is 65.2 Å². The molecule has 1 aliphatic heterocycles. The number of carbonyl (C=O) groups excluding carboxylic acids is 1. The highest BCUT2D eigenvalue weighted by Crippen LogP contribution is 2.23. The maximum Gasteiger partial charge on any atom is 0.193 e. The first kappa shape index (κ1) is 36.5. The topological polar surface area (TPSA) is 49.8 Å². The number of hydrogen-bond donors (Lipinski definition) is 1. The third-order valence-corrected chi connectivity index (χ3v) is 9.00. The van der Waals surface area contributed by atoms with Gasteiger partial charge < -0.3 is 9.84 Å². The molecule has 1 aliphatic rings. The maximum absolute atomic E-state index is 12.0. The normalized spacial score (nSPS) is 14.4. The molecular formula is C37H59NO3S.